The number of carbonyl (C=O) groups excluding carboxylic acids is 2. The van der Waals surface area contributed by atoms with E-state index >= 15 is 0 Å². The molecule has 0 bridgehead atoms. The summed E-state index contributed by atoms with van der Waals surface area (Å²) < 4.78 is 0. The highest BCUT2D eigenvalue weighted by molar-refractivity contribution is 5.77. The highest BCUT2D eigenvalue weighted by Gasteiger charge is 2.26. The third kappa shape index (κ3) is 7.10. The molecule has 2 amide bonds. The van der Waals surface area contributed by atoms with E-state index in [9.17, 15) is 9.59 Å². The van der Waals surface area contributed by atoms with Crippen molar-refractivity contribution in [3.05, 3.63) is 35.4 Å². The molecule has 0 atom stereocenters. The van der Waals surface area contributed by atoms with Gasteiger partial charge >= 0.3 is 0 Å². The third-order valence-corrected chi connectivity index (χ3v) is 9.09. The molecular weight excluding hydrogens is 448 g/mol. The summed E-state index contributed by atoms with van der Waals surface area (Å²) in [5.74, 6) is 1.92. The number of likely N-dealkylation sites (tertiary alicyclic amines) is 4. The number of benzene rings is 1. The van der Waals surface area contributed by atoms with Gasteiger partial charge in [-0.3, -0.25) is 19.4 Å². The van der Waals surface area contributed by atoms with Gasteiger partial charge in [-0.15, -0.1) is 0 Å². The lowest BCUT2D eigenvalue weighted by atomic mass is 9.92. The van der Waals surface area contributed by atoms with Crippen molar-refractivity contribution < 1.29 is 9.59 Å². The fraction of sp³-hybridized carbons (Fsp3) is 0.733. The van der Waals surface area contributed by atoms with Crippen LogP contribution in [0, 0.1) is 11.8 Å². The Balaban J connectivity index is 0.987. The Morgan fingerprint density at radius 2 is 0.889 bits per heavy atom. The molecule has 0 radical (unpaired) electrons. The van der Waals surface area contributed by atoms with Crippen LogP contribution in [0.1, 0.15) is 75.3 Å². The van der Waals surface area contributed by atoms with E-state index in [1.54, 1.807) is 0 Å². The zero-order valence-corrected chi connectivity index (χ0v) is 22.2. The number of hydrogen-bond donors (Lipinski definition) is 0. The van der Waals surface area contributed by atoms with E-state index in [0.717, 1.165) is 104 Å². The number of carbonyl (C=O) groups is 2. The molecule has 4 aliphatic heterocycles. The summed E-state index contributed by atoms with van der Waals surface area (Å²) >= 11 is 0. The number of hydrogen-bond acceptors (Lipinski definition) is 4. The first-order valence-corrected chi connectivity index (χ1v) is 14.7. The van der Waals surface area contributed by atoms with Crippen LogP contribution in [0.4, 0.5) is 0 Å². The molecule has 6 nitrogen and oxygen atoms in total. The molecule has 0 unspecified atom stereocenters. The maximum atomic E-state index is 12.5. The van der Waals surface area contributed by atoms with E-state index in [-0.39, 0.29) is 0 Å². The largest absolute Gasteiger partial charge is 0.343 e. The molecule has 0 aromatic heterocycles. The SMILES string of the molecule is O=C(CC1CCN(Cc2ccc(CN3CCC(CC(=O)N4CCCC4)CC3)cc2)CC1)N1CCCC1. The molecule has 36 heavy (non-hydrogen) atoms. The predicted molar refractivity (Wildman–Crippen MR) is 143 cm³/mol. The van der Waals surface area contributed by atoms with Crippen LogP contribution in [0.3, 0.4) is 0 Å². The van der Waals surface area contributed by atoms with Gasteiger partial charge in [-0.2, -0.15) is 0 Å². The fourth-order valence-corrected chi connectivity index (χ4v) is 6.65. The Morgan fingerprint density at radius 1 is 0.556 bits per heavy atom. The third-order valence-electron chi connectivity index (χ3n) is 9.09. The van der Waals surface area contributed by atoms with Gasteiger partial charge in [-0.1, -0.05) is 24.3 Å². The summed E-state index contributed by atoms with van der Waals surface area (Å²) in [4.78, 5) is 34.2. The molecule has 1 aromatic rings. The monoisotopic (exact) mass is 494 g/mol. The van der Waals surface area contributed by atoms with Crippen molar-refractivity contribution in [2.45, 2.75) is 77.3 Å². The maximum Gasteiger partial charge on any atom is 0.222 e. The normalized spacial score (nSPS) is 23.0. The molecule has 5 rings (SSSR count). The highest BCUT2D eigenvalue weighted by atomic mass is 16.2. The van der Waals surface area contributed by atoms with Crippen molar-refractivity contribution in [3.8, 4) is 0 Å². The Bertz CT molecular complexity index is 773. The fourth-order valence-electron chi connectivity index (χ4n) is 6.65. The zero-order valence-electron chi connectivity index (χ0n) is 22.2. The standard InChI is InChI=1S/C30H46N4O2/c35-29(33-13-1-2-14-33)21-25-9-17-31(18-10-25)23-27-5-7-28(8-6-27)24-32-19-11-26(12-20-32)22-30(36)34-15-3-4-16-34/h5-8,25-26H,1-4,9-24H2. The molecular formula is C30H46N4O2. The number of amides is 2. The molecule has 0 N–H and O–H groups in total. The Kier molecular flexibility index (Phi) is 8.97. The summed E-state index contributed by atoms with van der Waals surface area (Å²) in [7, 11) is 0. The molecule has 0 saturated carbocycles. The van der Waals surface area contributed by atoms with Gasteiger partial charge in [-0.25, -0.2) is 0 Å². The van der Waals surface area contributed by atoms with Gasteiger partial charge in [0, 0.05) is 52.1 Å². The van der Waals surface area contributed by atoms with E-state index in [1.165, 1.54) is 36.8 Å². The molecule has 4 fully saturated rings. The number of rotatable bonds is 8. The first-order valence-electron chi connectivity index (χ1n) is 14.7. The van der Waals surface area contributed by atoms with Gasteiger partial charge in [-0.05, 0) is 101 Å². The Labute approximate surface area is 218 Å². The minimum Gasteiger partial charge on any atom is -0.343 e. The molecule has 4 aliphatic rings. The van der Waals surface area contributed by atoms with E-state index in [1.807, 2.05) is 0 Å². The molecule has 4 saturated heterocycles. The summed E-state index contributed by atoms with van der Waals surface area (Å²) in [5, 5.41) is 0. The first kappa shape index (κ1) is 25.7. The van der Waals surface area contributed by atoms with E-state index in [0.29, 0.717) is 23.7 Å². The first-order chi connectivity index (χ1) is 17.6. The van der Waals surface area contributed by atoms with Crippen LogP contribution in [0.25, 0.3) is 0 Å². The summed E-state index contributed by atoms with van der Waals surface area (Å²) in [6.07, 6.45) is 10.8. The average Bonchev–Trinajstić information content (AvgIpc) is 3.63. The maximum absolute atomic E-state index is 12.5. The molecule has 4 heterocycles. The highest BCUT2D eigenvalue weighted by Crippen LogP contribution is 2.25. The summed E-state index contributed by atoms with van der Waals surface area (Å²) in [5.41, 5.74) is 2.79. The lowest BCUT2D eigenvalue weighted by molar-refractivity contribution is -0.132. The topological polar surface area (TPSA) is 47.1 Å². The minimum atomic E-state index is 0.390. The molecule has 198 valence electrons. The van der Waals surface area contributed by atoms with Crippen LogP contribution < -0.4 is 0 Å². The smallest absolute Gasteiger partial charge is 0.222 e. The van der Waals surface area contributed by atoms with Crippen molar-refractivity contribution in [1.29, 1.82) is 0 Å². The average molecular weight is 495 g/mol. The van der Waals surface area contributed by atoms with Gasteiger partial charge < -0.3 is 9.80 Å². The summed E-state index contributed by atoms with van der Waals surface area (Å²) in [6.45, 7) is 10.4. The molecule has 0 spiro atoms. The lowest BCUT2D eigenvalue weighted by Gasteiger charge is -2.33. The van der Waals surface area contributed by atoms with Crippen molar-refractivity contribution in [2.75, 3.05) is 52.4 Å². The minimum absolute atomic E-state index is 0.390. The van der Waals surface area contributed by atoms with Gasteiger partial charge in [0.15, 0.2) is 0 Å². The lowest BCUT2D eigenvalue weighted by Crippen LogP contribution is -2.36. The second-order valence-electron chi connectivity index (χ2n) is 11.8. The van der Waals surface area contributed by atoms with Crippen molar-refractivity contribution >= 4 is 11.8 Å². The quantitative estimate of drug-likeness (QED) is 0.545. The Morgan fingerprint density at radius 3 is 1.22 bits per heavy atom. The Hall–Kier alpha value is -1.92. The van der Waals surface area contributed by atoms with Gasteiger partial charge in [0.2, 0.25) is 11.8 Å². The van der Waals surface area contributed by atoms with Crippen molar-refractivity contribution in [1.82, 2.24) is 19.6 Å². The van der Waals surface area contributed by atoms with Crippen LogP contribution in [-0.2, 0) is 22.7 Å². The number of piperidine rings is 2. The van der Waals surface area contributed by atoms with Gasteiger partial charge in [0.1, 0.15) is 0 Å². The van der Waals surface area contributed by atoms with Gasteiger partial charge in [0.25, 0.3) is 0 Å². The molecule has 1 aromatic carbocycles. The van der Waals surface area contributed by atoms with Crippen LogP contribution in [0.5, 0.6) is 0 Å². The van der Waals surface area contributed by atoms with Crippen LogP contribution >= 0.6 is 0 Å². The molecule has 6 heteroatoms. The van der Waals surface area contributed by atoms with Crippen LogP contribution in [0.15, 0.2) is 24.3 Å². The van der Waals surface area contributed by atoms with Crippen molar-refractivity contribution in [2.24, 2.45) is 11.8 Å². The van der Waals surface area contributed by atoms with Gasteiger partial charge in [0.05, 0.1) is 0 Å². The second kappa shape index (κ2) is 12.6. The van der Waals surface area contributed by atoms with E-state index in [4.69, 9.17) is 0 Å². The van der Waals surface area contributed by atoms with E-state index < -0.39 is 0 Å². The predicted octanol–water partition coefficient (Wildman–Crippen LogP) is 4.14. The van der Waals surface area contributed by atoms with Crippen molar-refractivity contribution in [3.63, 3.8) is 0 Å². The zero-order chi connectivity index (χ0) is 24.7. The summed E-state index contributed by atoms with van der Waals surface area (Å²) in [6, 6.07) is 9.22. The number of nitrogens with zero attached hydrogens (tertiary/aromatic N) is 4. The van der Waals surface area contributed by atoms with E-state index in [2.05, 4.69) is 43.9 Å². The second-order valence-corrected chi connectivity index (χ2v) is 11.8. The molecule has 0 aliphatic carbocycles. The van der Waals surface area contributed by atoms with Crippen LogP contribution in [-0.4, -0.2) is 83.8 Å². The van der Waals surface area contributed by atoms with Crippen LogP contribution in [0.2, 0.25) is 0 Å².